The molecule has 2 rings (SSSR count). The number of nitrogens with zero attached hydrogens (tertiary/aromatic N) is 1. The van der Waals surface area contributed by atoms with E-state index < -0.39 is 9.84 Å². The van der Waals surface area contributed by atoms with E-state index in [0.717, 1.165) is 0 Å². The molecule has 6 nitrogen and oxygen atoms in total. The highest BCUT2D eigenvalue weighted by molar-refractivity contribution is 7.91. The summed E-state index contributed by atoms with van der Waals surface area (Å²) in [6, 6.07) is 5.04. The quantitative estimate of drug-likeness (QED) is 0.823. The molecule has 0 radical (unpaired) electrons. The number of ether oxygens (including phenoxy) is 1. The van der Waals surface area contributed by atoms with Gasteiger partial charge in [0.05, 0.1) is 18.1 Å². The summed E-state index contributed by atoms with van der Waals surface area (Å²) >= 11 is 0. The number of hydrogen-bond acceptors (Lipinski definition) is 5. The molecule has 7 heteroatoms. The number of carbonyl (C=O) groups is 1. The van der Waals surface area contributed by atoms with Gasteiger partial charge in [0.25, 0.3) is 5.91 Å². The molecule has 2 N–H and O–H groups in total. The van der Waals surface area contributed by atoms with Crippen molar-refractivity contribution < 1.29 is 17.9 Å². The van der Waals surface area contributed by atoms with E-state index in [9.17, 15) is 13.2 Å². The lowest BCUT2D eigenvalue weighted by molar-refractivity contribution is 0.0767. The van der Waals surface area contributed by atoms with Crippen molar-refractivity contribution in [2.24, 2.45) is 0 Å². The van der Waals surface area contributed by atoms with Crippen molar-refractivity contribution in [3.05, 3.63) is 23.8 Å². The molecule has 1 aromatic carbocycles. The van der Waals surface area contributed by atoms with E-state index in [0.29, 0.717) is 23.6 Å². The third-order valence-corrected chi connectivity index (χ3v) is 4.81. The van der Waals surface area contributed by atoms with Crippen LogP contribution in [0.2, 0.25) is 0 Å². The van der Waals surface area contributed by atoms with Gasteiger partial charge in [0.1, 0.15) is 11.3 Å². The van der Waals surface area contributed by atoms with Gasteiger partial charge in [0, 0.05) is 18.8 Å². The summed E-state index contributed by atoms with van der Waals surface area (Å²) in [6.45, 7) is 2.64. The molecule has 1 aliphatic heterocycles. The first kappa shape index (κ1) is 14.6. The minimum Gasteiger partial charge on any atom is -0.493 e. The number of carbonyl (C=O) groups excluding carboxylic acids is 1. The second kappa shape index (κ2) is 5.70. The standard InChI is InChI=1S/C13H18N2O4S/c1-2-19-11-5-3-4-10(14)12(11)13(16)15-6-8-20(17,18)9-7-15/h3-5H,2,6-9,14H2,1H3. The van der Waals surface area contributed by atoms with Gasteiger partial charge in [0.15, 0.2) is 9.84 Å². The van der Waals surface area contributed by atoms with Crippen molar-refractivity contribution in [2.45, 2.75) is 6.92 Å². The van der Waals surface area contributed by atoms with E-state index in [2.05, 4.69) is 0 Å². The molecule has 1 amide bonds. The zero-order chi connectivity index (χ0) is 14.8. The first-order valence-corrected chi connectivity index (χ1v) is 8.27. The molecule has 1 fully saturated rings. The van der Waals surface area contributed by atoms with Crippen LogP contribution < -0.4 is 10.5 Å². The van der Waals surface area contributed by atoms with Crippen molar-refractivity contribution in [2.75, 3.05) is 36.9 Å². The average molecular weight is 298 g/mol. The van der Waals surface area contributed by atoms with Gasteiger partial charge in [-0.15, -0.1) is 0 Å². The number of benzene rings is 1. The summed E-state index contributed by atoms with van der Waals surface area (Å²) in [5, 5.41) is 0. The smallest absolute Gasteiger partial charge is 0.259 e. The van der Waals surface area contributed by atoms with Crippen molar-refractivity contribution in [3.8, 4) is 5.75 Å². The summed E-state index contributed by atoms with van der Waals surface area (Å²) in [5.41, 5.74) is 6.52. The highest BCUT2D eigenvalue weighted by atomic mass is 32.2. The molecular weight excluding hydrogens is 280 g/mol. The molecule has 1 aromatic rings. The van der Waals surface area contributed by atoms with Gasteiger partial charge in [-0.1, -0.05) is 6.07 Å². The molecule has 0 atom stereocenters. The lowest BCUT2D eigenvalue weighted by Crippen LogP contribution is -2.44. The minimum atomic E-state index is -3.02. The van der Waals surface area contributed by atoms with E-state index in [1.165, 1.54) is 4.90 Å². The Bertz CT molecular complexity index is 599. The van der Waals surface area contributed by atoms with Crippen LogP contribution in [0.5, 0.6) is 5.75 Å². The highest BCUT2D eigenvalue weighted by Gasteiger charge is 2.28. The molecule has 0 saturated carbocycles. The van der Waals surface area contributed by atoms with Gasteiger partial charge in [-0.05, 0) is 19.1 Å². The fourth-order valence-electron chi connectivity index (χ4n) is 2.13. The number of amides is 1. The third-order valence-electron chi connectivity index (χ3n) is 3.20. The molecule has 0 spiro atoms. The fourth-order valence-corrected chi connectivity index (χ4v) is 3.33. The number of nitrogens with two attached hydrogens (primary N) is 1. The largest absolute Gasteiger partial charge is 0.493 e. The third kappa shape index (κ3) is 3.04. The van der Waals surface area contributed by atoms with Crippen LogP contribution in [0.3, 0.4) is 0 Å². The van der Waals surface area contributed by atoms with Crippen molar-refractivity contribution in [1.82, 2.24) is 4.90 Å². The van der Waals surface area contributed by atoms with Crippen LogP contribution in [0.25, 0.3) is 0 Å². The Hall–Kier alpha value is -1.76. The Balaban J connectivity index is 2.25. The highest BCUT2D eigenvalue weighted by Crippen LogP contribution is 2.26. The zero-order valence-corrected chi connectivity index (χ0v) is 12.1. The number of rotatable bonds is 3. The number of anilines is 1. The van der Waals surface area contributed by atoms with E-state index in [-0.39, 0.29) is 30.5 Å². The van der Waals surface area contributed by atoms with Crippen LogP contribution in [0, 0.1) is 0 Å². The molecule has 0 bridgehead atoms. The van der Waals surface area contributed by atoms with Crippen LogP contribution in [-0.4, -0.2) is 50.4 Å². The van der Waals surface area contributed by atoms with Crippen LogP contribution >= 0.6 is 0 Å². The van der Waals surface area contributed by atoms with Gasteiger partial charge in [0.2, 0.25) is 0 Å². The number of hydrogen-bond donors (Lipinski definition) is 1. The Kier molecular flexibility index (Phi) is 4.17. The average Bonchev–Trinajstić information content (AvgIpc) is 2.38. The number of nitrogen functional groups attached to an aromatic ring is 1. The second-order valence-electron chi connectivity index (χ2n) is 4.60. The first-order valence-electron chi connectivity index (χ1n) is 6.45. The lowest BCUT2D eigenvalue weighted by Gasteiger charge is -2.27. The Morgan fingerprint density at radius 3 is 2.60 bits per heavy atom. The van der Waals surface area contributed by atoms with Crippen LogP contribution in [0.1, 0.15) is 17.3 Å². The normalized spacial score (nSPS) is 17.8. The summed E-state index contributed by atoms with van der Waals surface area (Å²) in [5.74, 6) is 0.151. The van der Waals surface area contributed by atoms with Gasteiger partial charge in [-0.2, -0.15) is 0 Å². The molecule has 0 aromatic heterocycles. The van der Waals surface area contributed by atoms with E-state index in [1.807, 2.05) is 6.92 Å². The topological polar surface area (TPSA) is 89.7 Å². The molecule has 20 heavy (non-hydrogen) atoms. The SMILES string of the molecule is CCOc1cccc(N)c1C(=O)N1CCS(=O)(=O)CC1. The van der Waals surface area contributed by atoms with Crippen LogP contribution in [0.15, 0.2) is 18.2 Å². The van der Waals surface area contributed by atoms with Crippen LogP contribution in [-0.2, 0) is 9.84 Å². The maximum atomic E-state index is 12.5. The number of sulfone groups is 1. The van der Waals surface area contributed by atoms with Crippen molar-refractivity contribution in [3.63, 3.8) is 0 Å². The summed E-state index contributed by atoms with van der Waals surface area (Å²) in [7, 11) is -3.02. The van der Waals surface area contributed by atoms with E-state index in [1.54, 1.807) is 18.2 Å². The predicted octanol–water partition coefficient (Wildman–Crippen LogP) is 0.538. The maximum absolute atomic E-state index is 12.5. The molecule has 0 unspecified atom stereocenters. The summed E-state index contributed by atoms with van der Waals surface area (Å²) < 4.78 is 28.2. The lowest BCUT2D eigenvalue weighted by atomic mass is 10.1. The minimum absolute atomic E-state index is 0.00452. The maximum Gasteiger partial charge on any atom is 0.259 e. The molecule has 1 aliphatic rings. The Morgan fingerprint density at radius 2 is 2.00 bits per heavy atom. The summed E-state index contributed by atoms with van der Waals surface area (Å²) in [4.78, 5) is 14.0. The van der Waals surface area contributed by atoms with Gasteiger partial charge in [-0.3, -0.25) is 4.79 Å². The first-order chi connectivity index (χ1) is 9.44. The van der Waals surface area contributed by atoms with E-state index >= 15 is 0 Å². The molecular formula is C13H18N2O4S. The van der Waals surface area contributed by atoms with Gasteiger partial charge >= 0.3 is 0 Å². The van der Waals surface area contributed by atoms with Gasteiger partial charge < -0.3 is 15.4 Å². The Labute approximate surface area is 118 Å². The van der Waals surface area contributed by atoms with Crippen LogP contribution in [0.4, 0.5) is 5.69 Å². The molecule has 0 aliphatic carbocycles. The molecule has 1 heterocycles. The van der Waals surface area contributed by atoms with Gasteiger partial charge in [-0.25, -0.2) is 8.42 Å². The Morgan fingerprint density at radius 1 is 1.35 bits per heavy atom. The zero-order valence-electron chi connectivity index (χ0n) is 11.3. The molecule has 110 valence electrons. The van der Waals surface area contributed by atoms with E-state index in [4.69, 9.17) is 10.5 Å². The predicted molar refractivity (Wildman–Crippen MR) is 76.6 cm³/mol. The fraction of sp³-hybridized carbons (Fsp3) is 0.462. The second-order valence-corrected chi connectivity index (χ2v) is 6.90. The molecule has 1 saturated heterocycles. The monoisotopic (exact) mass is 298 g/mol. The van der Waals surface area contributed by atoms with Crippen molar-refractivity contribution in [1.29, 1.82) is 0 Å². The summed E-state index contributed by atoms with van der Waals surface area (Å²) in [6.07, 6.45) is 0. The van der Waals surface area contributed by atoms with Crippen molar-refractivity contribution >= 4 is 21.4 Å².